The van der Waals surface area contributed by atoms with Gasteiger partial charge in [0.15, 0.2) is 0 Å². The Hall–Kier alpha value is -1.49. The first-order valence-electron chi connectivity index (χ1n) is 5.37. The molecule has 0 aromatic heterocycles. The van der Waals surface area contributed by atoms with E-state index < -0.39 is 0 Å². The molecule has 0 N–H and O–H groups in total. The first kappa shape index (κ1) is 10.0. The highest BCUT2D eigenvalue weighted by Crippen LogP contribution is 2.38. The number of hydrogen-bond donors (Lipinski definition) is 0. The van der Waals surface area contributed by atoms with E-state index in [2.05, 4.69) is 18.2 Å². The highest BCUT2D eigenvalue weighted by Gasteiger charge is 2.25. The van der Waals surface area contributed by atoms with Gasteiger partial charge in [-0.3, -0.25) is 0 Å². The van der Waals surface area contributed by atoms with Crippen molar-refractivity contribution in [2.75, 3.05) is 7.11 Å². The van der Waals surface area contributed by atoms with Gasteiger partial charge in [0.05, 0.1) is 13.2 Å². The zero-order chi connectivity index (χ0) is 10.7. The van der Waals surface area contributed by atoms with E-state index in [9.17, 15) is 0 Å². The van der Waals surface area contributed by atoms with Crippen molar-refractivity contribution in [2.45, 2.75) is 25.2 Å². The van der Waals surface area contributed by atoms with Crippen LogP contribution in [-0.2, 0) is 0 Å². The van der Waals surface area contributed by atoms with Crippen molar-refractivity contribution in [3.8, 4) is 11.8 Å². The maximum Gasteiger partial charge on any atom is 0.118 e. The summed E-state index contributed by atoms with van der Waals surface area (Å²) in [6.07, 6.45) is 3.21. The van der Waals surface area contributed by atoms with Gasteiger partial charge in [-0.15, -0.1) is 0 Å². The van der Waals surface area contributed by atoms with E-state index in [-0.39, 0.29) is 5.92 Å². The minimum Gasteiger partial charge on any atom is -0.497 e. The topological polar surface area (TPSA) is 33.0 Å². The largest absolute Gasteiger partial charge is 0.497 e. The fraction of sp³-hybridized carbons (Fsp3) is 0.462. The van der Waals surface area contributed by atoms with Crippen LogP contribution in [0.25, 0.3) is 0 Å². The minimum absolute atomic E-state index is 0.261. The third-order valence-electron chi connectivity index (χ3n) is 3.20. The Bertz CT molecular complexity index is 363. The second-order valence-corrected chi connectivity index (χ2v) is 4.11. The molecule has 0 aliphatic heterocycles. The Morgan fingerprint density at radius 3 is 2.53 bits per heavy atom. The molecule has 1 aliphatic rings. The van der Waals surface area contributed by atoms with Gasteiger partial charge in [0.1, 0.15) is 5.75 Å². The molecule has 2 unspecified atom stereocenters. The summed E-state index contributed by atoms with van der Waals surface area (Å²) in [4.78, 5) is 0. The van der Waals surface area contributed by atoms with E-state index >= 15 is 0 Å². The van der Waals surface area contributed by atoms with Gasteiger partial charge >= 0.3 is 0 Å². The number of methoxy groups -OCH3 is 1. The molecular formula is C13H15NO. The molecule has 0 amide bonds. The number of hydrogen-bond acceptors (Lipinski definition) is 2. The predicted molar refractivity (Wildman–Crippen MR) is 58.7 cm³/mol. The Balaban J connectivity index is 2.08. The first-order chi connectivity index (χ1) is 7.33. The van der Waals surface area contributed by atoms with Crippen LogP contribution in [0.15, 0.2) is 24.3 Å². The summed E-state index contributed by atoms with van der Waals surface area (Å²) in [6, 6.07) is 10.6. The number of benzene rings is 1. The van der Waals surface area contributed by atoms with Crippen LogP contribution in [0.1, 0.15) is 30.7 Å². The molecule has 2 atom stereocenters. The van der Waals surface area contributed by atoms with Gasteiger partial charge in [-0.05, 0) is 42.9 Å². The molecule has 0 radical (unpaired) electrons. The maximum absolute atomic E-state index is 8.84. The van der Waals surface area contributed by atoms with Crippen LogP contribution >= 0.6 is 0 Å². The smallest absolute Gasteiger partial charge is 0.118 e. The van der Waals surface area contributed by atoms with Crippen LogP contribution in [0.2, 0.25) is 0 Å². The molecule has 1 aliphatic carbocycles. The summed E-state index contributed by atoms with van der Waals surface area (Å²) in [5, 5.41) is 8.84. The van der Waals surface area contributed by atoms with Crippen LogP contribution in [-0.4, -0.2) is 7.11 Å². The molecule has 2 rings (SSSR count). The molecule has 2 nitrogen and oxygen atoms in total. The van der Waals surface area contributed by atoms with E-state index in [0.29, 0.717) is 5.92 Å². The average molecular weight is 201 g/mol. The zero-order valence-electron chi connectivity index (χ0n) is 8.94. The summed E-state index contributed by atoms with van der Waals surface area (Å²) in [7, 11) is 1.68. The lowest BCUT2D eigenvalue weighted by Gasteiger charge is -2.09. The summed E-state index contributed by atoms with van der Waals surface area (Å²) in [6.45, 7) is 0. The van der Waals surface area contributed by atoms with Crippen LogP contribution < -0.4 is 4.74 Å². The summed E-state index contributed by atoms with van der Waals surface area (Å²) >= 11 is 0. The summed E-state index contributed by atoms with van der Waals surface area (Å²) < 4.78 is 5.12. The Morgan fingerprint density at radius 2 is 2.00 bits per heavy atom. The molecule has 1 saturated carbocycles. The Morgan fingerprint density at radius 1 is 1.27 bits per heavy atom. The van der Waals surface area contributed by atoms with Crippen molar-refractivity contribution in [1.29, 1.82) is 5.26 Å². The fourth-order valence-corrected chi connectivity index (χ4v) is 2.28. The van der Waals surface area contributed by atoms with Crippen molar-refractivity contribution in [1.82, 2.24) is 0 Å². The third-order valence-corrected chi connectivity index (χ3v) is 3.20. The Kier molecular flexibility index (Phi) is 2.91. The number of nitriles is 1. The van der Waals surface area contributed by atoms with Crippen LogP contribution in [0.5, 0.6) is 5.75 Å². The van der Waals surface area contributed by atoms with Gasteiger partial charge in [0.25, 0.3) is 0 Å². The molecule has 0 spiro atoms. The Labute approximate surface area is 90.5 Å². The molecule has 15 heavy (non-hydrogen) atoms. The highest BCUT2D eigenvalue weighted by atomic mass is 16.5. The van der Waals surface area contributed by atoms with Gasteiger partial charge in [0, 0.05) is 5.92 Å². The van der Waals surface area contributed by atoms with Gasteiger partial charge < -0.3 is 4.74 Å². The first-order valence-corrected chi connectivity index (χ1v) is 5.37. The molecule has 0 bridgehead atoms. The monoisotopic (exact) mass is 201 g/mol. The van der Waals surface area contributed by atoms with Crippen molar-refractivity contribution >= 4 is 0 Å². The lowest BCUT2D eigenvalue weighted by molar-refractivity contribution is 0.414. The third kappa shape index (κ3) is 2.12. The quantitative estimate of drug-likeness (QED) is 0.736. The van der Waals surface area contributed by atoms with Crippen molar-refractivity contribution in [2.24, 2.45) is 5.92 Å². The molecule has 2 heteroatoms. The van der Waals surface area contributed by atoms with Crippen LogP contribution in [0.3, 0.4) is 0 Å². The maximum atomic E-state index is 8.84. The number of nitrogens with zero attached hydrogens (tertiary/aromatic N) is 1. The zero-order valence-corrected chi connectivity index (χ0v) is 8.94. The van der Waals surface area contributed by atoms with E-state index in [4.69, 9.17) is 10.00 Å². The second-order valence-electron chi connectivity index (χ2n) is 4.11. The van der Waals surface area contributed by atoms with Crippen LogP contribution in [0, 0.1) is 17.2 Å². The van der Waals surface area contributed by atoms with E-state index in [1.54, 1.807) is 7.11 Å². The molecule has 1 fully saturated rings. The van der Waals surface area contributed by atoms with Gasteiger partial charge in [-0.1, -0.05) is 12.1 Å². The van der Waals surface area contributed by atoms with Crippen molar-refractivity contribution in [3.63, 3.8) is 0 Å². The molecule has 78 valence electrons. The van der Waals surface area contributed by atoms with Crippen LogP contribution in [0.4, 0.5) is 0 Å². The lowest BCUT2D eigenvalue weighted by Crippen LogP contribution is -1.94. The standard InChI is InChI=1S/C13H15NO/c1-15-13-6-4-11(5-7-13)12-3-2-10(8-12)9-14/h4-7,10,12H,2-3,8H2,1H3. The van der Waals surface area contributed by atoms with Gasteiger partial charge in [-0.25, -0.2) is 0 Å². The molecular weight excluding hydrogens is 186 g/mol. The fourth-order valence-electron chi connectivity index (χ4n) is 2.28. The van der Waals surface area contributed by atoms with E-state index in [1.165, 1.54) is 5.56 Å². The number of ether oxygens (including phenoxy) is 1. The minimum atomic E-state index is 0.261. The van der Waals surface area contributed by atoms with E-state index in [0.717, 1.165) is 25.0 Å². The average Bonchev–Trinajstić information content (AvgIpc) is 2.78. The molecule has 1 aromatic rings. The molecule has 0 saturated heterocycles. The van der Waals surface area contributed by atoms with E-state index in [1.807, 2.05) is 12.1 Å². The SMILES string of the molecule is COc1ccc(C2CCC(C#N)C2)cc1. The summed E-state index contributed by atoms with van der Waals surface area (Å²) in [5.41, 5.74) is 1.34. The molecule has 1 aromatic carbocycles. The summed E-state index contributed by atoms with van der Waals surface area (Å²) in [5.74, 6) is 1.73. The second kappa shape index (κ2) is 4.35. The van der Waals surface area contributed by atoms with Crippen molar-refractivity contribution < 1.29 is 4.74 Å². The lowest BCUT2D eigenvalue weighted by atomic mass is 9.96. The normalized spacial score (nSPS) is 24.8. The number of rotatable bonds is 2. The van der Waals surface area contributed by atoms with Crippen molar-refractivity contribution in [3.05, 3.63) is 29.8 Å². The predicted octanol–water partition coefficient (Wildman–Crippen LogP) is 3.10. The van der Waals surface area contributed by atoms with Gasteiger partial charge in [-0.2, -0.15) is 5.26 Å². The molecule has 0 heterocycles. The highest BCUT2D eigenvalue weighted by molar-refractivity contribution is 5.30. The van der Waals surface area contributed by atoms with Gasteiger partial charge in [0.2, 0.25) is 0 Å².